The van der Waals surface area contributed by atoms with Crippen molar-refractivity contribution in [2.24, 2.45) is 0 Å². The van der Waals surface area contributed by atoms with Gasteiger partial charge in [0.05, 0.1) is 27.0 Å². The van der Waals surface area contributed by atoms with Crippen LogP contribution in [0.4, 0.5) is 0 Å². The van der Waals surface area contributed by atoms with Crippen molar-refractivity contribution in [1.29, 1.82) is 0 Å². The number of nitrogens with zero attached hydrogens (tertiary/aromatic N) is 1. The second-order valence-electron chi connectivity index (χ2n) is 7.77. The maximum atomic E-state index is 13.6. The summed E-state index contributed by atoms with van der Waals surface area (Å²) in [5.41, 5.74) is 2.77. The molecule has 1 aliphatic heterocycles. The number of carbonyl (C=O) groups excluding carboxylic acids is 1. The lowest BCUT2D eigenvalue weighted by Crippen LogP contribution is -2.29. The molecule has 1 aliphatic rings. The third-order valence-electron chi connectivity index (χ3n) is 5.68. The zero-order valence-electron chi connectivity index (χ0n) is 16.9. The molecule has 3 aromatic carbocycles. The van der Waals surface area contributed by atoms with Crippen molar-refractivity contribution < 1.29 is 9.21 Å². The Hall–Kier alpha value is -2.79. The van der Waals surface area contributed by atoms with E-state index in [2.05, 4.69) is 0 Å². The average Bonchev–Trinajstić information content (AvgIpc) is 3.04. The summed E-state index contributed by atoms with van der Waals surface area (Å²) in [6, 6.07) is 17.0. The van der Waals surface area contributed by atoms with Crippen molar-refractivity contribution in [1.82, 2.24) is 4.90 Å². The summed E-state index contributed by atoms with van der Waals surface area (Å²) < 4.78 is 5.97. The van der Waals surface area contributed by atoms with E-state index >= 15 is 0 Å². The Kier molecular flexibility index (Phi) is 5.25. The SMILES string of the molecule is Cc1ccc2oc3c(c(=O)c2c1)C(c1ccc(Cl)c(Cl)c1)N(Cc1ccccc1Cl)C3=O. The highest BCUT2D eigenvalue weighted by Crippen LogP contribution is 2.41. The smallest absolute Gasteiger partial charge is 0.291 e. The zero-order valence-corrected chi connectivity index (χ0v) is 19.1. The van der Waals surface area contributed by atoms with Crippen LogP contribution in [0.5, 0.6) is 0 Å². The monoisotopic (exact) mass is 483 g/mol. The van der Waals surface area contributed by atoms with Gasteiger partial charge in [0.2, 0.25) is 5.76 Å². The van der Waals surface area contributed by atoms with Crippen LogP contribution >= 0.6 is 34.8 Å². The molecule has 1 atom stereocenters. The molecule has 0 saturated heterocycles. The molecular weight excluding hydrogens is 469 g/mol. The largest absolute Gasteiger partial charge is 0.450 e. The van der Waals surface area contributed by atoms with Crippen LogP contribution in [0.1, 0.15) is 38.9 Å². The van der Waals surface area contributed by atoms with E-state index in [1.807, 2.05) is 31.2 Å². The molecule has 7 heteroatoms. The molecule has 5 rings (SSSR count). The first-order valence-corrected chi connectivity index (χ1v) is 11.0. The molecule has 32 heavy (non-hydrogen) atoms. The van der Waals surface area contributed by atoms with Crippen LogP contribution in [-0.2, 0) is 6.54 Å². The molecule has 0 fully saturated rings. The minimum absolute atomic E-state index is 0.0366. The van der Waals surface area contributed by atoms with Crippen LogP contribution in [-0.4, -0.2) is 10.8 Å². The fourth-order valence-corrected chi connectivity index (χ4v) is 4.64. The van der Waals surface area contributed by atoms with Crippen LogP contribution in [0.15, 0.2) is 69.9 Å². The van der Waals surface area contributed by atoms with Gasteiger partial charge in [-0.3, -0.25) is 9.59 Å². The van der Waals surface area contributed by atoms with Crippen molar-refractivity contribution in [2.75, 3.05) is 0 Å². The molecule has 1 aromatic heterocycles. The minimum atomic E-state index is -0.690. The molecule has 160 valence electrons. The van der Waals surface area contributed by atoms with E-state index in [-0.39, 0.29) is 23.6 Å². The van der Waals surface area contributed by atoms with Gasteiger partial charge in [-0.1, -0.05) is 70.7 Å². The average molecular weight is 485 g/mol. The molecule has 0 spiro atoms. The predicted molar refractivity (Wildman–Crippen MR) is 127 cm³/mol. The highest BCUT2D eigenvalue weighted by Gasteiger charge is 2.43. The summed E-state index contributed by atoms with van der Waals surface area (Å²) in [5, 5.41) is 1.69. The lowest BCUT2D eigenvalue weighted by Gasteiger charge is -2.26. The summed E-state index contributed by atoms with van der Waals surface area (Å²) >= 11 is 18.8. The lowest BCUT2D eigenvalue weighted by atomic mass is 9.98. The van der Waals surface area contributed by atoms with E-state index < -0.39 is 6.04 Å². The van der Waals surface area contributed by atoms with E-state index in [1.165, 1.54) is 0 Å². The maximum absolute atomic E-state index is 13.6. The van der Waals surface area contributed by atoms with Gasteiger partial charge in [0.15, 0.2) is 5.43 Å². The standard InChI is InChI=1S/C25H16Cl3NO3/c1-13-6-9-20-16(10-13)23(30)21-22(14-7-8-18(27)19(28)11-14)29(25(31)24(21)32-20)12-15-4-2-3-5-17(15)26/h2-11,22H,12H2,1H3. The number of benzene rings is 3. The van der Waals surface area contributed by atoms with Crippen LogP contribution in [0, 0.1) is 6.92 Å². The number of halogens is 3. The first-order chi connectivity index (χ1) is 15.3. The number of hydrogen-bond acceptors (Lipinski definition) is 3. The van der Waals surface area contributed by atoms with Crippen LogP contribution < -0.4 is 5.43 Å². The zero-order chi connectivity index (χ0) is 22.6. The maximum Gasteiger partial charge on any atom is 0.291 e. The fraction of sp³-hybridized carbons (Fsp3) is 0.120. The molecule has 0 N–H and O–H groups in total. The van der Waals surface area contributed by atoms with E-state index in [1.54, 1.807) is 41.3 Å². The second kappa shape index (κ2) is 7.96. The Balaban J connectivity index is 1.76. The van der Waals surface area contributed by atoms with Gasteiger partial charge in [-0.25, -0.2) is 0 Å². The number of amides is 1. The number of fused-ring (bicyclic) bond motifs is 2. The summed E-state index contributed by atoms with van der Waals surface area (Å²) in [4.78, 5) is 28.7. The van der Waals surface area contributed by atoms with Gasteiger partial charge in [-0.05, 0) is 48.4 Å². The Morgan fingerprint density at radius 1 is 0.906 bits per heavy atom. The first kappa shape index (κ1) is 21.1. The van der Waals surface area contributed by atoms with Crippen molar-refractivity contribution in [3.8, 4) is 0 Å². The van der Waals surface area contributed by atoms with Crippen molar-refractivity contribution >= 4 is 51.7 Å². The summed E-state index contributed by atoms with van der Waals surface area (Å²) in [6.07, 6.45) is 0. The molecule has 4 aromatic rings. The Labute approximate surface area is 198 Å². The third kappa shape index (κ3) is 3.39. The van der Waals surface area contributed by atoms with E-state index in [0.717, 1.165) is 11.1 Å². The third-order valence-corrected chi connectivity index (χ3v) is 6.79. The lowest BCUT2D eigenvalue weighted by molar-refractivity contribution is 0.0714. The predicted octanol–water partition coefficient (Wildman–Crippen LogP) is 6.81. The van der Waals surface area contributed by atoms with Crippen molar-refractivity contribution in [2.45, 2.75) is 19.5 Å². The minimum Gasteiger partial charge on any atom is -0.450 e. The van der Waals surface area contributed by atoms with Gasteiger partial charge in [0.1, 0.15) is 5.58 Å². The molecule has 1 amide bonds. The van der Waals surface area contributed by atoms with E-state index in [4.69, 9.17) is 39.2 Å². The number of rotatable bonds is 3. The van der Waals surface area contributed by atoms with Crippen LogP contribution in [0.3, 0.4) is 0 Å². The molecule has 0 bridgehead atoms. The molecule has 0 radical (unpaired) electrons. The molecule has 4 nitrogen and oxygen atoms in total. The Morgan fingerprint density at radius 2 is 1.69 bits per heavy atom. The number of carbonyl (C=O) groups is 1. The van der Waals surface area contributed by atoms with Gasteiger partial charge in [0.25, 0.3) is 5.91 Å². The molecule has 0 saturated carbocycles. The molecular formula is C25H16Cl3NO3. The fourth-order valence-electron chi connectivity index (χ4n) is 4.14. The summed E-state index contributed by atoms with van der Waals surface area (Å²) in [7, 11) is 0. The highest BCUT2D eigenvalue weighted by molar-refractivity contribution is 6.42. The Morgan fingerprint density at radius 3 is 2.44 bits per heavy atom. The summed E-state index contributed by atoms with van der Waals surface area (Å²) in [5.74, 6) is -0.343. The van der Waals surface area contributed by atoms with Gasteiger partial charge < -0.3 is 9.32 Å². The van der Waals surface area contributed by atoms with Gasteiger partial charge in [0, 0.05) is 11.6 Å². The molecule has 0 aliphatic carbocycles. The highest BCUT2D eigenvalue weighted by atomic mass is 35.5. The topological polar surface area (TPSA) is 50.5 Å². The first-order valence-electron chi connectivity index (χ1n) is 9.92. The van der Waals surface area contributed by atoms with E-state index in [9.17, 15) is 9.59 Å². The number of aryl methyl sites for hydroxylation is 1. The van der Waals surface area contributed by atoms with Gasteiger partial charge in [-0.2, -0.15) is 0 Å². The van der Waals surface area contributed by atoms with Crippen molar-refractivity contribution in [3.05, 3.63) is 114 Å². The second-order valence-corrected chi connectivity index (χ2v) is 9.00. The van der Waals surface area contributed by atoms with Gasteiger partial charge >= 0.3 is 0 Å². The van der Waals surface area contributed by atoms with Gasteiger partial charge in [-0.15, -0.1) is 0 Å². The molecule has 2 heterocycles. The summed E-state index contributed by atoms with van der Waals surface area (Å²) in [6.45, 7) is 2.10. The quantitative estimate of drug-likeness (QED) is 0.321. The Bertz CT molecular complexity index is 1460. The number of hydrogen-bond donors (Lipinski definition) is 0. The van der Waals surface area contributed by atoms with Crippen molar-refractivity contribution in [3.63, 3.8) is 0 Å². The van der Waals surface area contributed by atoms with E-state index in [0.29, 0.717) is 37.2 Å². The normalized spacial score (nSPS) is 15.4. The van der Waals surface area contributed by atoms with Crippen LogP contribution in [0.25, 0.3) is 11.0 Å². The molecule has 1 unspecified atom stereocenters. The van der Waals surface area contributed by atoms with Crippen LogP contribution in [0.2, 0.25) is 15.1 Å².